The number of carbonyl (C=O) groups excluding carboxylic acids is 1. The SMILES string of the molecule is CC[C@@H]1c2ccsc2CCN1C(=O)Cn1cnc2c(C)csc2c1=O. The molecule has 7 heteroatoms. The van der Waals surface area contributed by atoms with Gasteiger partial charge in [0.05, 0.1) is 17.9 Å². The van der Waals surface area contributed by atoms with Gasteiger partial charge in [-0.25, -0.2) is 4.98 Å². The van der Waals surface area contributed by atoms with E-state index in [1.54, 1.807) is 11.3 Å². The van der Waals surface area contributed by atoms with E-state index in [1.165, 1.54) is 32.7 Å². The first-order chi connectivity index (χ1) is 12.1. The molecule has 1 aliphatic heterocycles. The van der Waals surface area contributed by atoms with Crippen LogP contribution in [0.5, 0.6) is 0 Å². The first kappa shape index (κ1) is 16.5. The van der Waals surface area contributed by atoms with Crippen molar-refractivity contribution in [3.05, 3.63) is 49.5 Å². The molecule has 1 amide bonds. The number of aromatic nitrogens is 2. The molecule has 0 aliphatic carbocycles. The Morgan fingerprint density at radius 2 is 2.24 bits per heavy atom. The van der Waals surface area contributed by atoms with Gasteiger partial charge in [0.2, 0.25) is 5.91 Å². The van der Waals surface area contributed by atoms with Gasteiger partial charge in [0.1, 0.15) is 11.2 Å². The number of rotatable bonds is 3. The van der Waals surface area contributed by atoms with Gasteiger partial charge >= 0.3 is 0 Å². The fourth-order valence-corrected chi connectivity index (χ4v) is 5.42. The molecule has 0 spiro atoms. The number of hydrogen-bond acceptors (Lipinski definition) is 5. The lowest BCUT2D eigenvalue weighted by atomic mass is 9.98. The lowest BCUT2D eigenvalue weighted by molar-refractivity contribution is -0.134. The van der Waals surface area contributed by atoms with Crippen LogP contribution in [0.3, 0.4) is 0 Å². The van der Waals surface area contributed by atoms with Crippen molar-refractivity contribution >= 4 is 38.8 Å². The van der Waals surface area contributed by atoms with Gasteiger partial charge in [0.15, 0.2) is 0 Å². The fraction of sp³-hybridized carbons (Fsp3) is 0.389. The van der Waals surface area contributed by atoms with Crippen LogP contribution in [0.15, 0.2) is 27.9 Å². The molecule has 3 aromatic heterocycles. The summed E-state index contributed by atoms with van der Waals surface area (Å²) in [6, 6.07) is 2.24. The second kappa shape index (κ2) is 6.38. The van der Waals surface area contributed by atoms with Crippen molar-refractivity contribution < 1.29 is 4.79 Å². The minimum absolute atomic E-state index is 0.0137. The second-order valence-corrected chi connectivity index (χ2v) is 8.21. The summed E-state index contributed by atoms with van der Waals surface area (Å²) in [5.41, 5.74) is 2.88. The van der Waals surface area contributed by atoms with E-state index in [0.29, 0.717) is 11.2 Å². The van der Waals surface area contributed by atoms with Crippen molar-refractivity contribution in [2.75, 3.05) is 6.54 Å². The Morgan fingerprint density at radius 3 is 3.04 bits per heavy atom. The van der Waals surface area contributed by atoms with Crippen LogP contribution in [0.2, 0.25) is 0 Å². The first-order valence-electron chi connectivity index (χ1n) is 8.39. The summed E-state index contributed by atoms with van der Waals surface area (Å²) in [6.45, 7) is 4.81. The molecule has 3 aromatic rings. The molecule has 0 fully saturated rings. The lowest BCUT2D eigenvalue weighted by Gasteiger charge is -2.35. The number of nitrogens with zero attached hydrogens (tertiary/aromatic N) is 3. The molecule has 1 aliphatic rings. The van der Waals surface area contributed by atoms with E-state index >= 15 is 0 Å². The molecule has 1 atom stereocenters. The molecular formula is C18H19N3O2S2. The minimum atomic E-state index is -0.127. The van der Waals surface area contributed by atoms with E-state index in [2.05, 4.69) is 23.4 Å². The number of fused-ring (bicyclic) bond motifs is 2. The third-order valence-electron chi connectivity index (χ3n) is 4.83. The summed E-state index contributed by atoms with van der Waals surface area (Å²) >= 11 is 3.16. The van der Waals surface area contributed by atoms with Gasteiger partial charge in [-0.15, -0.1) is 22.7 Å². The van der Waals surface area contributed by atoms with Gasteiger partial charge < -0.3 is 4.90 Å². The number of amides is 1. The molecule has 4 rings (SSSR count). The predicted molar refractivity (Wildman–Crippen MR) is 101 cm³/mol. The van der Waals surface area contributed by atoms with Gasteiger partial charge in [-0.2, -0.15) is 0 Å². The van der Waals surface area contributed by atoms with Gasteiger partial charge in [0.25, 0.3) is 5.56 Å². The van der Waals surface area contributed by atoms with Crippen molar-refractivity contribution in [2.24, 2.45) is 0 Å². The maximum atomic E-state index is 12.9. The van der Waals surface area contributed by atoms with Crippen LogP contribution in [0.25, 0.3) is 10.2 Å². The zero-order valence-electron chi connectivity index (χ0n) is 14.2. The lowest BCUT2D eigenvalue weighted by Crippen LogP contribution is -2.42. The van der Waals surface area contributed by atoms with Gasteiger partial charge in [-0.1, -0.05) is 6.92 Å². The highest BCUT2D eigenvalue weighted by Gasteiger charge is 2.30. The monoisotopic (exact) mass is 373 g/mol. The average Bonchev–Trinajstić information content (AvgIpc) is 3.23. The Labute approximate surface area is 153 Å². The molecule has 0 N–H and O–H groups in total. The summed E-state index contributed by atoms with van der Waals surface area (Å²) in [5.74, 6) is -0.0137. The van der Waals surface area contributed by atoms with E-state index in [9.17, 15) is 9.59 Å². The van der Waals surface area contributed by atoms with Crippen LogP contribution in [-0.4, -0.2) is 26.9 Å². The van der Waals surface area contributed by atoms with E-state index in [4.69, 9.17) is 0 Å². The van der Waals surface area contributed by atoms with E-state index in [0.717, 1.165) is 23.9 Å². The van der Waals surface area contributed by atoms with Crippen molar-refractivity contribution in [1.29, 1.82) is 0 Å². The Hall–Kier alpha value is -1.99. The molecule has 0 unspecified atom stereocenters. The molecule has 130 valence electrons. The van der Waals surface area contributed by atoms with Crippen LogP contribution in [0.1, 0.15) is 35.4 Å². The Bertz CT molecular complexity index is 1000. The summed E-state index contributed by atoms with van der Waals surface area (Å²) in [7, 11) is 0. The Balaban J connectivity index is 1.62. The third-order valence-corrected chi connectivity index (χ3v) is 6.90. The van der Waals surface area contributed by atoms with Gasteiger partial charge in [-0.05, 0) is 47.7 Å². The summed E-state index contributed by atoms with van der Waals surface area (Å²) < 4.78 is 2.06. The third kappa shape index (κ3) is 2.71. The molecular weight excluding hydrogens is 354 g/mol. The summed E-state index contributed by atoms with van der Waals surface area (Å²) in [5, 5.41) is 4.03. The van der Waals surface area contributed by atoms with E-state index in [-0.39, 0.29) is 24.1 Å². The summed E-state index contributed by atoms with van der Waals surface area (Å²) in [6.07, 6.45) is 3.28. The largest absolute Gasteiger partial charge is 0.334 e. The first-order valence-corrected chi connectivity index (χ1v) is 10.1. The quantitative estimate of drug-likeness (QED) is 0.707. The number of aryl methyl sites for hydroxylation is 1. The topological polar surface area (TPSA) is 55.2 Å². The summed E-state index contributed by atoms with van der Waals surface area (Å²) in [4.78, 5) is 33.2. The molecule has 4 heterocycles. The van der Waals surface area contributed by atoms with Crippen LogP contribution in [0.4, 0.5) is 0 Å². The van der Waals surface area contributed by atoms with E-state index < -0.39 is 0 Å². The number of thiophene rings is 2. The molecule has 0 saturated heterocycles. The maximum Gasteiger partial charge on any atom is 0.271 e. The highest BCUT2D eigenvalue weighted by Crippen LogP contribution is 2.35. The van der Waals surface area contributed by atoms with Crippen LogP contribution in [-0.2, 0) is 17.8 Å². The zero-order chi connectivity index (χ0) is 17.6. The minimum Gasteiger partial charge on any atom is -0.334 e. The van der Waals surface area contributed by atoms with Crippen molar-refractivity contribution in [1.82, 2.24) is 14.5 Å². The molecule has 0 radical (unpaired) electrons. The molecule has 0 aromatic carbocycles. The van der Waals surface area contributed by atoms with E-state index in [1.807, 2.05) is 17.2 Å². The second-order valence-electron chi connectivity index (χ2n) is 6.33. The smallest absolute Gasteiger partial charge is 0.271 e. The molecule has 5 nitrogen and oxygen atoms in total. The van der Waals surface area contributed by atoms with Crippen molar-refractivity contribution in [2.45, 2.75) is 39.3 Å². The molecule has 0 saturated carbocycles. The highest BCUT2D eigenvalue weighted by molar-refractivity contribution is 7.17. The normalized spacial score (nSPS) is 17.0. The van der Waals surface area contributed by atoms with Crippen LogP contribution >= 0.6 is 22.7 Å². The Morgan fingerprint density at radius 1 is 1.40 bits per heavy atom. The molecule has 25 heavy (non-hydrogen) atoms. The van der Waals surface area contributed by atoms with Crippen LogP contribution in [0, 0.1) is 6.92 Å². The Kier molecular flexibility index (Phi) is 4.21. The number of hydrogen-bond donors (Lipinski definition) is 0. The number of carbonyl (C=O) groups is 1. The fourth-order valence-electron chi connectivity index (χ4n) is 3.54. The average molecular weight is 374 g/mol. The maximum absolute atomic E-state index is 12.9. The van der Waals surface area contributed by atoms with Crippen molar-refractivity contribution in [3.8, 4) is 0 Å². The van der Waals surface area contributed by atoms with Gasteiger partial charge in [-0.3, -0.25) is 14.2 Å². The standard InChI is InChI=1S/C18H19N3O2S2/c1-3-13-12-5-7-24-14(12)4-6-21(13)15(22)8-20-10-19-16-11(2)9-25-17(16)18(20)23/h5,7,9-10,13H,3-4,6,8H2,1-2H3/t13-/m1/s1. The van der Waals surface area contributed by atoms with Crippen LogP contribution < -0.4 is 5.56 Å². The molecule has 0 bridgehead atoms. The van der Waals surface area contributed by atoms with Gasteiger partial charge in [0, 0.05) is 11.4 Å². The predicted octanol–water partition coefficient (Wildman–Crippen LogP) is 3.36. The zero-order valence-corrected chi connectivity index (χ0v) is 15.8. The highest BCUT2D eigenvalue weighted by atomic mass is 32.1. The van der Waals surface area contributed by atoms with Crippen molar-refractivity contribution in [3.63, 3.8) is 0 Å².